The summed E-state index contributed by atoms with van der Waals surface area (Å²) in [6, 6.07) is 0. The third-order valence-electron chi connectivity index (χ3n) is 2.13. The molecular formula is C9H16N4O3S. The van der Waals surface area contributed by atoms with Crippen molar-refractivity contribution >= 4 is 15.8 Å². The summed E-state index contributed by atoms with van der Waals surface area (Å²) in [5, 5.41) is 5.99. The molecule has 1 aromatic heterocycles. The second-order valence-electron chi connectivity index (χ2n) is 3.29. The molecule has 96 valence electrons. The highest BCUT2D eigenvalue weighted by Gasteiger charge is 2.26. The van der Waals surface area contributed by atoms with Gasteiger partial charge in [-0.25, -0.2) is 8.42 Å². The van der Waals surface area contributed by atoms with E-state index < -0.39 is 10.0 Å². The van der Waals surface area contributed by atoms with Crippen LogP contribution in [0.1, 0.15) is 0 Å². The third-order valence-corrected chi connectivity index (χ3v) is 4.02. The van der Waals surface area contributed by atoms with Crippen molar-refractivity contribution < 1.29 is 13.2 Å². The first-order valence-corrected chi connectivity index (χ1v) is 6.37. The second kappa shape index (κ2) is 5.80. The monoisotopic (exact) mass is 260 g/mol. The molecule has 0 amide bonds. The molecule has 0 spiro atoms. The number of rotatable bonds is 7. The molecule has 1 rings (SSSR count). The Kier molecular flexibility index (Phi) is 4.67. The van der Waals surface area contributed by atoms with Gasteiger partial charge in [-0.15, -0.1) is 6.58 Å². The summed E-state index contributed by atoms with van der Waals surface area (Å²) in [4.78, 5) is -0.0320. The van der Waals surface area contributed by atoms with Crippen molar-refractivity contribution in [2.75, 3.05) is 32.5 Å². The van der Waals surface area contributed by atoms with Crippen molar-refractivity contribution in [2.24, 2.45) is 0 Å². The predicted octanol–water partition coefficient (Wildman–Crippen LogP) is -0.185. The molecule has 7 nitrogen and oxygen atoms in total. The maximum Gasteiger partial charge on any atom is 0.248 e. The maximum atomic E-state index is 12.2. The first-order chi connectivity index (χ1) is 8.04. The lowest BCUT2D eigenvalue weighted by Gasteiger charge is -2.19. The Hall–Kier alpha value is -1.38. The first kappa shape index (κ1) is 13.7. The van der Waals surface area contributed by atoms with Crippen LogP contribution in [0.5, 0.6) is 0 Å². The molecule has 3 N–H and O–H groups in total. The van der Waals surface area contributed by atoms with Gasteiger partial charge in [0.1, 0.15) is 10.7 Å². The minimum atomic E-state index is -3.66. The summed E-state index contributed by atoms with van der Waals surface area (Å²) in [5.74, 6) is 0.0245. The molecule has 0 fully saturated rings. The second-order valence-corrected chi connectivity index (χ2v) is 5.20. The van der Waals surface area contributed by atoms with E-state index in [2.05, 4.69) is 16.8 Å². The first-order valence-electron chi connectivity index (χ1n) is 4.93. The van der Waals surface area contributed by atoms with Crippen molar-refractivity contribution in [3.05, 3.63) is 18.9 Å². The number of sulfonamides is 1. The molecule has 0 aliphatic carbocycles. The zero-order chi connectivity index (χ0) is 12.9. The number of nitrogens with zero attached hydrogens (tertiary/aromatic N) is 2. The Labute approximate surface area is 100 Å². The lowest BCUT2D eigenvalue weighted by molar-refractivity contribution is 0.182. The highest BCUT2D eigenvalue weighted by molar-refractivity contribution is 7.89. The van der Waals surface area contributed by atoms with Gasteiger partial charge in [-0.05, 0) is 0 Å². The number of nitrogen functional groups attached to an aromatic ring is 1. The summed E-state index contributed by atoms with van der Waals surface area (Å²) in [7, 11) is -2.15. The number of aromatic amines is 1. The fraction of sp³-hybridized carbons (Fsp3) is 0.444. The number of hydrogen-bond donors (Lipinski definition) is 2. The highest BCUT2D eigenvalue weighted by atomic mass is 32.2. The molecule has 1 heterocycles. The number of aromatic nitrogens is 2. The Morgan fingerprint density at radius 3 is 2.88 bits per heavy atom. The molecule has 0 saturated heterocycles. The van der Waals surface area contributed by atoms with E-state index in [4.69, 9.17) is 10.5 Å². The molecule has 0 aliphatic rings. The van der Waals surface area contributed by atoms with Gasteiger partial charge in [-0.3, -0.25) is 5.10 Å². The van der Waals surface area contributed by atoms with Crippen molar-refractivity contribution in [3.8, 4) is 0 Å². The molecule has 0 unspecified atom stereocenters. The van der Waals surface area contributed by atoms with Gasteiger partial charge in [0.25, 0.3) is 0 Å². The van der Waals surface area contributed by atoms with Crippen LogP contribution in [-0.2, 0) is 14.8 Å². The molecule has 1 aromatic rings. The van der Waals surface area contributed by atoms with E-state index in [0.717, 1.165) is 0 Å². The van der Waals surface area contributed by atoms with Crippen molar-refractivity contribution in [1.82, 2.24) is 14.5 Å². The molecule has 0 aliphatic heterocycles. The largest absolute Gasteiger partial charge is 0.383 e. The molecule has 0 radical (unpaired) electrons. The predicted molar refractivity (Wildman–Crippen MR) is 63.8 cm³/mol. The summed E-state index contributed by atoms with van der Waals surface area (Å²) in [6.45, 7) is 4.24. The summed E-state index contributed by atoms with van der Waals surface area (Å²) in [5.41, 5.74) is 5.51. The topological polar surface area (TPSA) is 101 Å². The lowest BCUT2D eigenvalue weighted by atomic mass is 10.6. The molecular weight excluding hydrogens is 244 g/mol. The average molecular weight is 260 g/mol. The van der Waals surface area contributed by atoms with Crippen LogP contribution in [0.2, 0.25) is 0 Å². The van der Waals surface area contributed by atoms with Gasteiger partial charge in [0.15, 0.2) is 0 Å². The zero-order valence-corrected chi connectivity index (χ0v) is 10.4. The van der Waals surface area contributed by atoms with Crippen LogP contribution in [0.15, 0.2) is 23.7 Å². The third kappa shape index (κ3) is 3.05. The Bertz CT molecular complexity index is 468. The van der Waals surface area contributed by atoms with Gasteiger partial charge < -0.3 is 10.5 Å². The molecule has 17 heavy (non-hydrogen) atoms. The summed E-state index contributed by atoms with van der Waals surface area (Å²) in [6.07, 6.45) is 2.69. The van der Waals surface area contributed by atoms with E-state index >= 15 is 0 Å². The number of methoxy groups -OCH3 is 1. The normalized spacial score (nSPS) is 11.9. The fourth-order valence-electron chi connectivity index (χ4n) is 1.28. The van der Waals surface area contributed by atoms with Gasteiger partial charge >= 0.3 is 0 Å². The van der Waals surface area contributed by atoms with E-state index in [1.165, 1.54) is 23.7 Å². The molecule has 0 saturated carbocycles. The number of ether oxygens (including phenoxy) is 1. The van der Waals surface area contributed by atoms with Crippen molar-refractivity contribution in [1.29, 1.82) is 0 Å². The average Bonchev–Trinajstić information content (AvgIpc) is 2.71. The van der Waals surface area contributed by atoms with Gasteiger partial charge in [0.05, 0.1) is 12.8 Å². The standard InChI is InChI=1S/C9H16N4O3S/c1-3-4-13(5-6-16-2)17(14,15)8-7-11-12-9(8)10/h3,7H,1,4-6H2,2H3,(H3,10,11,12). The molecule has 8 heteroatoms. The van der Waals surface area contributed by atoms with Crippen LogP contribution < -0.4 is 5.73 Å². The van der Waals surface area contributed by atoms with Crippen LogP contribution in [0, 0.1) is 0 Å². The smallest absolute Gasteiger partial charge is 0.248 e. The van der Waals surface area contributed by atoms with Crippen LogP contribution in [-0.4, -0.2) is 49.7 Å². The van der Waals surface area contributed by atoms with Crippen LogP contribution >= 0.6 is 0 Å². The number of anilines is 1. The molecule has 0 atom stereocenters. The highest BCUT2D eigenvalue weighted by Crippen LogP contribution is 2.19. The minimum Gasteiger partial charge on any atom is -0.383 e. The number of nitrogens with one attached hydrogen (secondary N) is 1. The van der Waals surface area contributed by atoms with Gasteiger partial charge in [-0.2, -0.15) is 9.40 Å². The summed E-state index contributed by atoms with van der Waals surface area (Å²) < 4.78 is 30.5. The van der Waals surface area contributed by atoms with E-state index in [9.17, 15) is 8.42 Å². The van der Waals surface area contributed by atoms with Crippen molar-refractivity contribution in [2.45, 2.75) is 4.90 Å². The maximum absolute atomic E-state index is 12.2. The number of hydrogen-bond acceptors (Lipinski definition) is 5. The fourth-order valence-corrected chi connectivity index (χ4v) is 2.68. The van der Waals surface area contributed by atoms with E-state index in [0.29, 0.717) is 6.61 Å². The lowest BCUT2D eigenvalue weighted by Crippen LogP contribution is -2.34. The van der Waals surface area contributed by atoms with E-state index in [1.807, 2.05) is 0 Å². The molecule has 0 bridgehead atoms. The Morgan fingerprint density at radius 2 is 2.41 bits per heavy atom. The van der Waals surface area contributed by atoms with Gasteiger partial charge in [-0.1, -0.05) is 6.08 Å². The van der Waals surface area contributed by atoms with Crippen LogP contribution in [0.3, 0.4) is 0 Å². The van der Waals surface area contributed by atoms with Crippen molar-refractivity contribution in [3.63, 3.8) is 0 Å². The van der Waals surface area contributed by atoms with E-state index in [-0.39, 0.29) is 23.8 Å². The molecule has 0 aromatic carbocycles. The van der Waals surface area contributed by atoms with Crippen LogP contribution in [0.25, 0.3) is 0 Å². The minimum absolute atomic E-state index is 0.0245. The van der Waals surface area contributed by atoms with Crippen LogP contribution in [0.4, 0.5) is 5.82 Å². The Balaban J connectivity index is 3.00. The SMILES string of the molecule is C=CCN(CCOC)S(=O)(=O)c1cn[nH]c1N. The number of H-pyrrole nitrogens is 1. The summed E-state index contributed by atoms with van der Waals surface area (Å²) >= 11 is 0. The quantitative estimate of drug-likeness (QED) is 0.662. The Morgan fingerprint density at radius 1 is 1.71 bits per heavy atom. The van der Waals surface area contributed by atoms with Gasteiger partial charge in [0, 0.05) is 20.2 Å². The van der Waals surface area contributed by atoms with E-state index in [1.54, 1.807) is 0 Å². The number of nitrogens with two attached hydrogens (primary N) is 1. The van der Waals surface area contributed by atoms with Gasteiger partial charge in [0.2, 0.25) is 10.0 Å². The zero-order valence-electron chi connectivity index (χ0n) is 9.59.